The summed E-state index contributed by atoms with van der Waals surface area (Å²) in [5.41, 5.74) is 0. The van der Waals surface area contributed by atoms with E-state index in [1.807, 2.05) is 25.1 Å². The summed E-state index contributed by atoms with van der Waals surface area (Å²) in [6.07, 6.45) is 0.649. The van der Waals surface area contributed by atoms with E-state index in [-0.39, 0.29) is 30.3 Å². The van der Waals surface area contributed by atoms with Crippen LogP contribution in [0.3, 0.4) is 0 Å². The number of aliphatic hydroxyl groups excluding tert-OH is 1. The van der Waals surface area contributed by atoms with E-state index in [1.165, 1.54) is 6.07 Å². The lowest BCUT2D eigenvalue weighted by atomic mass is 10.2. The number of carbonyl (C=O) groups is 1. The van der Waals surface area contributed by atoms with E-state index in [2.05, 4.69) is 5.32 Å². The summed E-state index contributed by atoms with van der Waals surface area (Å²) in [6.45, 7) is 1.78. The monoisotopic (exact) mass is 275 g/mol. The highest BCUT2D eigenvalue weighted by atomic mass is 16.6. The van der Waals surface area contributed by atoms with Crippen LogP contribution >= 0.6 is 0 Å². The number of benzene rings is 1. The van der Waals surface area contributed by atoms with E-state index in [0.29, 0.717) is 12.2 Å². The van der Waals surface area contributed by atoms with Crippen molar-refractivity contribution >= 4 is 5.91 Å². The Kier molecular flexibility index (Phi) is 4.79. The number of para-hydroxylation sites is 1. The molecular weight excluding hydrogens is 258 g/mol. The molecule has 0 bridgehead atoms. The Morgan fingerprint density at radius 3 is 2.70 bits per heavy atom. The van der Waals surface area contributed by atoms with Crippen LogP contribution in [-0.4, -0.2) is 23.7 Å². The highest BCUT2D eigenvalue weighted by Crippen LogP contribution is 2.23. The molecule has 0 saturated carbocycles. The van der Waals surface area contributed by atoms with Crippen LogP contribution < -0.4 is 10.1 Å². The van der Waals surface area contributed by atoms with Gasteiger partial charge in [-0.2, -0.15) is 0 Å². The zero-order chi connectivity index (χ0) is 14.4. The van der Waals surface area contributed by atoms with Gasteiger partial charge < -0.3 is 19.6 Å². The van der Waals surface area contributed by atoms with Crippen LogP contribution in [0.4, 0.5) is 0 Å². The van der Waals surface area contributed by atoms with Gasteiger partial charge in [0.05, 0.1) is 12.6 Å². The Bertz CT molecular complexity index is 546. The van der Waals surface area contributed by atoms with Crippen LogP contribution in [0.5, 0.6) is 11.7 Å². The minimum Gasteiger partial charge on any atom is -0.426 e. The molecule has 1 amide bonds. The summed E-state index contributed by atoms with van der Waals surface area (Å²) in [4.78, 5) is 11.9. The van der Waals surface area contributed by atoms with Crippen LogP contribution in [0.25, 0.3) is 0 Å². The summed E-state index contributed by atoms with van der Waals surface area (Å²) in [5, 5.41) is 11.7. The maximum absolute atomic E-state index is 11.9. The molecule has 1 unspecified atom stereocenters. The molecule has 0 aliphatic carbocycles. The molecule has 2 aromatic rings. The smallest absolute Gasteiger partial charge is 0.290 e. The number of aliphatic hydroxyl groups is 1. The number of ether oxygens (including phenoxy) is 1. The Morgan fingerprint density at radius 2 is 2.05 bits per heavy atom. The lowest BCUT2D eigenvalue weighted by Crippen LogP contribution is -2.36. The van der Waals surface area contributed by atoms with Gasteiger partial charge in [-0.25, -0.2) is 0 Å². The van der Waals surface area contributed by atoms with E-state index < -0.39 is 0 Å². The number of carbonyl (C=O) groups excluding carboxylic acids is 1. The zero-order valence-electron chi connectivity index (χ0n) is 11.2. The van der Waals surface area contributed by atoms with Gasteiger partial charge in [0, 0.05) is 6.07 Å². The van der Waals surface area contributed by atoms with Crippen LogP contribution in [-0.2, 0) is 0 Å². The lowest BCUT2D eigenvalue weighted by Gasteiger charge is -2.12. The van der Waals surface area contributed by atoms with Gasteiger partial charge in [-0.15, -0.1) is 0 Å². The third-order valence-electron chi connectivity index (χ3n) is 2.82. The molecule has 1 aromatic carbocycles. The van der Waals surface area contributed by atoms with Gasteiger partial charge >= 0.3 is 0 Å². The van der Waals surface area contributed by atoms with Crippen molar-refractivity contribution in [3.05, 3.63) is 48.2 Å². The molecule has 0 fully saturated rings. The third-order valence-corrected chi connectivity index (χ3v) is 2.82. The number of furan rings is 1. The Balaban J connectivity index is 2.00. The van der Waals surface area contributed by atoms with Crippen molar-refractivity contribution in [3.63, 3.8) is 0 Å². The topological polar surface area (TPSA) is 71.7 Å². The maximum atomic E-state index is 11.9. The van der Waals surface area contributed by atoms with E-state index in [4.69, 9.17) is 14.3 Å². The van der Waals surface area contributed by atoms with Gasteiger partial charge in [0.1, 0.15) is 5.75 Å². The molecule has 5 heteroatoms. The first-order valence-corrected chi connectivity index (χ1v) is 6.47. The number of rotatable bonds is 6. The molecule has 0 aliphatic rings. The third kappa shape index (κ3) is 3.61. The molecule has 2 rings (SSSR count). The molecule has 0 radical (unpaired) electrons. The average Bonchev–Trinajstić information content (AvgIpc) is 2.94. The second-order valence-corrected chi connectivity index (χ2v) is 4.30. The minimum absolute atomic E-state index is 0.101. The normalized spacial score (nSPS) is 11.9. The Morgan fingerprint density at radius 1 is 1.30 bits per heavy atom. The van der Waals surface area contributed by atoms with E-state index in [9.17, 15) is 4.79 Å². The van der Waals surface area contributed by atoms with Gasteiger partial charge in [-0.1, -0.05) is 25.1 Å². The molecule has 1 aromatic heterocycles. The lowest BCUT2D eigenvalue weighted by molar-refractivity contribution is 0.0882. The summed E-state index contributed by atoms with van der Waals surface area (Å²) in [6, 6.07) is 12.0. The van der Waals surface area contributed by atoms with E-state index in [0.717, 1.165) is 0 Å². The van der Waals surface area contributed by atoms with Crippen molar-refractivity contribution in [2.45, 2.75) is 19.4 Å². The molecule has 1 atom stereocenters. The van der Waals surface area contributed by atoms with Crippen molar-refractivity contribution in [2.75, 3.05) is 6.61 Å². The first kappa shape index (κ1) is 14.1. The van der Waals surface area contributed by atoms with E-state index in [1.54, 1.807) is 18.2 Å². The standard InChI is InChI=1S/C15H17NO4/c1-2-11(10-17)16-15(18)13-8-9-14(20-13)19-12-6-4-3-5-7-12/h3-9,11,17H,2,10H2,1H3,(H,16,18). The molecule has 1 heterocycles. The molecule has 5 nitrogen and oxygen atoms in total. The fourth-order valence-electron chi connectivity index (χ4n) is 1.64. The van der Waals surface area contributed by atoms with Crippen LogP contribution in [0.2, 0.25) is 0 Å². The highest BCUT2D eigenvalue weighted by molar-refractivity contribution is 5.91. The molecular formula is C15H17NO4. The second kappa shape index (κ2) is 6.77. The molecule has 106 valence electrons. The number of amides is 1. The summed E-state index contributed by atoms with van der Waals surface area (Å²) in [7, 11) is 0. The van der Waals surface area contributed by atoms with Crippen LogP contribution in [0.15, 0.2) is 46.9 Å². The van der Waals surface area contributed by atoms with Crippen molar-refractivity contribution in [1.82, 2.24) is 5.32 Å². The van der Waals surface area contributed by atoms with Gasteiger partial charge in [0.25, 0.3) is 11.9 Å². The first-order chi connectivity index (χ1) is 9.72. The fraction of sp³-hybridized carbons (Fsp3) is 0.267. The molecule has 20 heavy (non-hydrogen) atoms. The van der Waals surface area contributed by atoms with E-state index >= 15 is 0 Å². The predicted octanol–water partition coefficient (Wildman–Crippen LogP) is 2.57. The maximum Gasteiger partial charge on any atom is 0.290 e. The fourth-order valence-corrected chi connectivity index (χ4v) is 1.64. The van der Waals surface area contributed by atoms with Crippen LogP contribution in [0, 0.1) is 0 Å². The van der Waals surface area contributed by atoms with Crippen LogP contribution in [0.1, 0.15) is 23.9 Å². The van der Waals surface area contributed by atoms with Gasteiger partial charge in [0.15, 0.2) is 5.76 Å². The second-order valence-electron chi connectivity index (χ2n) is 4.30. The molecule has 2 N–H and O–H groups in total. The first-order valence-electron chi connectivity index (χ1n) is 6.47. The van der Waals surface area contributed by atoms with Crippen molar-refractivity contribution in [3.8, 4) is 11.7 Å². The largest absolute Gasteiger partial charge is 0.426 e. The number of hydrogen-bond acceptors (Lipinski definition) is 4. The highest BCUT2D eigenvalue weighted by Gasteiger charge is 2.15. The van der Waals surface area contributed by atoms with Crippen molar-refractivity contribution < 1.29 is 19.1 Å². The summed E-state index contributed by atoms with van der Waals surface area (Å²) in [5.74, 6) is 0.672. The quantitative estimate of drug-likeness (QED) is 0.850. The average molecular weight is 275 g/mol. The zero-order valence-corrected chi connectivity index (χ0v) is 11.2. The van der Waals surface area contributed by atoms with Crippen molar-refractivity contribution in [1.29, 1.82) is 0 Å². The minimum atomic E-state index is -0.367. The predicted molar refractivity (Wildman–Crippen MR) is 73.9 cm³/mol. The molecule has 0 spiro atoms. The van der Waals surface area contributed by atoms with Gasteiger partial charge in [-0.3, -0.25) is 4.79 Å². The van der Waals surface area contributed by atoms with Gasteiger partial charge in [0.2, 0.25) is 0 Å². The summed E-state index contributed by atoms with van der Waals surface area (Å²) >= 11 is 0. The molecule has 0 saturated heterocycles. The summed E-state index contributed by atoms with van der Waals surface area (Å²) < 4.78 is 10.8. The Hall–Kier alpha value is -2.27. The molecule has 0 aliphatic heterocycles. The SMILES string of the molecule is CCC(CO)NC(=O)c1ccc(Oc2ccccc2)o1. The number of hydrogen-bond donors (Lipinski definition) is 2. The van der Waals surface area contributed by atoms with Crippen molar-refractivity contribution in [2.24, 2.45) is 0 Å². The Labute approximate surface area is 117 Å². The number of nitrogens with one attached hydrogen (secondary N) is 1. The van der Waals surface area contributed by atoms with Gasteiger partial charge in [-0.05, 0) is 24.6 Å².